The Balaban J connectivity index is 2.45. The van der Waals surface area contributed by atoms with Crippen molar-refractivity contribution < 1.29 is 0 Å². The predicted molar refractivity (Wildman–Crippen MR) is 68.4 cm³/mol. The number of nitrogens with zero attached hydrogens (tertiary/aromatic N) is 1. The first kappa shape index (κ1) is 13.2. The van der Waals surface area contributed by atoms with Crippen LogP contribution in [-0.2, 0) is 0 Å². The lowest BCUT2D eigenvalue weighted by Gasteiger charge is -2.22. The van der Waals surface area contributed by atoms with Gasteiger partial charge in [-0.2, -0.15) is 5.10 Å². The Labute approximate surface area is 99.0 Å². The van der Waals surface area contributed by atoms with Crippen LogP contribution in [0.15, 0.2) is 6.20 Å². The Morgan fingerprint density at radius 1 is 1.38 bits per heavy atom. The summed E-state index contributed by atoms with van der Waals surface area (Å²) in [7, 11) is 0. The van der Waals surface area contributed by atoms with Crippen LogP contribution in [0, 0.1) is 12.8 Å². The monoisotopic (exact) mass is 223 g/mol. The van der Waals surface area contributed by atoms with Crippen molar-refractivity contribution in [3.63, 3.8) is 0 Å². The largest absolute Gasteiger partial charge is 0.308 e. The molecule has 0 aliphatic carbocycles. The third-order valence-corrected chi connectivity index (χ3v) is 3.32. The normalized spacial score (nSPS) is 17.1. The van der Waals surface area contributed by atoms with Crippen LogP contribution in [0.25, 0.3) is 0 Å². The summed E-state index contributed by atoms with van der Waals surface area (Å²) in [5, 5.41) is 10.7. The van der Waals surface area contributed by atoms with E-state index in [1.807, 2.05) is 6.20 Å². The van der Waals surface area contributed by atoms with Crippen LogP contribution in [0.1, 0.15) is 57.8 Å². The van der Waals surface area contributed by atoms with Gasteiger partial charge < -0.3 is 5.32 Å². The fraction of sp³-hybridized carbons (Fsp3) is 0.769. The van der Waals surface area contributed by atoms with Crippen LogP contribution in [0.4, 0.5) is 0 Å². The summed E-state index contributed by atoms with van der Waals surface area (Å²) in [6.45, 7) is 11.1. The van der Waals surface area contributed by atoms with E-state index in [1.165, 1.54) is 18.4 Å². The van der Waals surface area contributed by atoms with E-state index in [-0.39, 0.29) is 0 Å². The van der Waals surface area contributed by atoms with Crippen LogP contribution in [0.5, 0.6) is 0 Å². The number of aromatic nitrogens is 2. The Morgan fingerprint density at radius 3 is 2.56 bits per heavy atom. The molecule has 1 aromatic rings. The molecule has 0 fully saturated rings. The first-order chi connectivity index (χ1) is 7.54. The highest BCUT2D eigenvalue weighted by atomic mass is 15.1. The highest BCUT2D eigenvalue weighted by molar-refractivity contribution is 5.18. The molecule has 0 saturated carbocycles. The van der Waals surface area contributed by atoms with Crippen LogP contribution < -0.4 is 5.32 Å². The van der Waals surface area contributed by atoms with Gasteiger partial charge in [0.1, 0.15) is 0 Å². The SMILES string of the molecule is CCC(C)CC(C)NC(C)c1cn[nH]c1C. The molecule has 2 N–H and O–H groups in total. The second-order valence-electron chi connectivity index (χ2n) is 4.99. The number of hydrogen-bond acceptors (Lipinski definition) is 2. The molecule has 16 heavy (non-hydrogen) atoms. The minimum atomic E-state index is 0.373. The van der Waals surface area contributed by atoms with Gasteiger partial charge >= 0.3 is 0 Å². The minimum absolute atomic E-state index is 0.373. The first-order valence-electron chi connectivity index (χ1n) is 6.30. The van der Waals surface area contributed by atoms with Crippen molar-refractivity contribution in [2.75, 3.05) is 0 Å². The van der Waals surface area contributed by atoms with E-state index in [0.717, 1.165) is 11.6 Å². The number of aromatic amines is 1. The molecule has 0 radical (unpaired) electrons. The van der Waals surface area contributed by atoms with Crippen molar-refractivity contribution >= 4 is 0 Å². The summed E-state index contributed by atoms with van der Waals surface area (Å²) >= 11 is 0. The van der Waals surface area contributed by atoms with E-state index in [9.17, 15) is 0 Å². The molecule has 0 aliphatic rings. The molecule has 0 saturated heterocycles. The molecule has 3 atom stereocenters. The lowest BCUT2D eigenvalue weighted by Crippen LogP contribution is -2.30. The molecule has 0 aliphatic heterocycles. The van der Waals surface area contributed by atoms with Gasteiger partial charge in [-0.05, 0) is 33.1 Å². The van der Waals surface area contributed by atoms with Gasteiger partial charge in [0, 0.05) is 23.3 Å². The Hall–Kier alpha value is -0.830. The molecular weight excluding hydrogens is 198 g/mol. The molecule has 1 rings (SSSR count). The van der Waals surface area contributed by atoms with E-state index >= 15 is 0 Å². The summed E-state index contributed by atoms with van der Waals surface area (Å²) in [5.74, 6) is 0.792. The van der Waals surface area contributed by atoms with Crippen molar-refractivity contribution in [2.45, 2.75) is 59.5 Å². The number of rotatable bonds is 6. The molecule has 92 valence electrons. The smallest absolute Gasteiger partial charge is 0.0537 e. The second-order valence-corrected chi connectivity index (χ2v) is 4.99. The van der Waals surface area contributed by atoms with Gasteiger partial charge in [0.05, 0.1) is 6.20 Å². The lowest BCUT2D eigenvalue weighted by atomic mass is 9.99. The molecule has 0 aromatic carbocycles. The van der Waals surface area contributed by atoms with Crippen LogP contribution in [0.3, 0.4) is 0 Å². The molecule has 1 aromatic heterocycles. The minimum Gasteiger partial charge on any atom is -0.308 e. The maximum atomic E-state index is 4.06. The van der Waals surface area contributed by atoms with Gasteiger partial charge in [-0.3, -0.25) is 5.10 Å². The zero-order valence-electron chi connectivity index (χ0n) is 11.2. The first-order valence-corrected chi connectivity index (χ1v) is 6.30. The maximum Gasteiger partial charge on any atom is 0.0537 e. The Kier molecular flexibility index (Phi) is 5.00. The van der Waals surface area contributed by atoms with Gasteiger partial charge in [-0.25, -0.2) is 0 Å². The summed E-state index contributed by atoms with van der Waals surface area (Å²) in [5.41, 5.74) is 2.44. The summed E-state index contributed by atoms with van der Waals surface area (Å²) in [4.78, 5) is 0. The van der Waals surface area contributed by atoms with Crippen molar-refractivity contribution in [1.29, 1.82) is 0 Å². The maximum absolute atomic E-state index is 4.06. The molecular formula is C13H25N3. The van der Waals surface area contributed by atoms with Gasteiger partial charge in [0.15, 0.2) is 0 Å². The zero-order chi connectivity index (χ0) is 12.1. The summed E-state index contributed by atoms with van der Waals surface area (Å²) < 4.78 is 0. The van der Waals surface area contributed by atoms with Gasteiger partial charge in [-0.1, -0.05) is 20.3 Å². The molecule has 0 amide bonds. The standard InChI is InChI=1S/C13H25N3/c1-6-9(2)7-10(3)15-11(4)13-8-14-16-12(13)5/h8-11,15H,6-7H2,1-5H3,(H,14,16). The highest BCUT2D eigenvalue weighted by Gasteiger charge is 2.14. The van der Waals surface area contributed by atoms with E-state index in [2.05, 4.69) is 50.1 Å². The molecule has 3 nitrogen and oxygen atoms in total. The summed E-state index contributed by atoms with van der Waals surface area (Å²) in [6.07, 6.45) is 4.41. The van der Waals surface area contributed by atoms with Crippen LogP contribution in [0.2, 0.25) is 0 Å². The highest BCUT2D eigenvalue weighted by Crippen LogP contribution is 2.17. The topological polar surface area (TPSA) is 40.7 Å². The average Bonchev–Trinajstić information content (AvgIpc) is 2.63. The summed E-state index contributed by atoms with van der Waals surface area (Å²) in [6, 6.07) is 0.928. The predicted octanol–water partition coefficient (Wildman–Crippen LogP) is 3.19. The van der Waals surface area contributed by atoms with Crippen molar-refractivity contribution in [1.82, 2.24) is 15.5 Å². The fourth-order valence-corrected chi connectivity index (χ4v) is 2.15. The number of H-pyrrole nitrogens is 1. The van der Waals surface area contributed by atoms with Crippen LogP contribution in [-0.4, -0.2) is 16.2 Å². The van der Waals surface area contributed by atoms with Gasteiger partial charge in [0.2, 0.25) is 0 Å². The molecule has 0 spiro atoms. The molecule has 0 bridgehead atoms. The van der Waals surface area contributed by atoms with Crippen molar-refractivity contribution in [2.24, 2.45) is 5.92 Å². The van der Waals surface area contributed by atoms with E-state index < -0.39 is 0 Å². The molecule has 3 unspecified atom stereocenters. The Morgan fingerprint density at radius 2 is 2.06 bits per heavy atom. The third kappa shape index (κ3) is 3.63. The Bertz CT molecular complexity index is 306. The fourth-order valence-electron chi connectivity index (χ4n) is 2.15. The number of nitrogens with one attached hydrogen (secondary N) is 2. The van der Waals surface area contributed by atoms with Gasteiger partial charge in [0.25, 0.3) is 0 Å². The lowest BCUT2D eigenvalue weighted by molar-refractivity contribution is 0.385. The quantitative estimate of drug-likeness (QED) is 0.777. The van der Waals surface area contributed by atoms with E-state index in [4.69, 9.17) is 0 Å². The van der Waals surface area contributed by atoms with Crippen molar-refractivity contribution in [3.8, 4) is 0 Å². The number of aryl methyl sites for hydroxylation is 1. The second kappa shape index (κ2) is 6.04. The zero-order valence-corrected chi connectivity index (χ0v) is 11.2. The van der Waals surface area contributed by atoms with Crippen molar-refractivity contribution in [3.05, 3.63) is 17.5 Å². The molecule has 3 heteroatoms. The van der Waals surface area contributed by atoms with E-state index in [0.29, 0.717) is 12.1 Å². The average molecular weight is 223 g/mol. The van der Waals surface area contributed by atoms with Crippen LogP contribution >= 0.6 is 0 Å². The van der Waals surface area contributed by atoms with Gasteiger partial charge in [-0.15, -0.1) is 0 Å². The molecule has 1 heterocycles. The van der Waals surface area contributed by atoms with E-state index in [1.54, 1.807) is 0 Å². The third-order valence-electron chi connectivity index (χ3n) is 3.32. The number of hydrogen-bond donors (Lipinski definition) is 2.